The molecule has 3 heterocycles. The third-order valence-electron chi connectivity index (χ3n) is 5.52. The Morgan fingerprint density at radius 3 is 2.93 bits per heavy atom. The molecule has 0 bridgehead atoms. The summed E-state index contributed by atoms with van der Waals surface area (Å²) in [6.07, 6.45) is 4.61. The van der Waals surface area contributed by atoms with Gasteiger partial charge in [0.1, 0.15) is 11.9 Å². The van der Waals surface area contributed by atoms with Crippen molar-refractivity contribution < 1.29 is 14.2 Å². The van der Waals surface area contributed by atoms with Crippen LogP contribution >= 0.6 is 24.0 Å². The number of rotatable bonds is 5. The highest BCUT2D eigenvalue weighted by molar-refractivity contribution is 14.0. The van der Waals surface area contributed by atoms with E-state index in [1.165, 1.54) is 11.1 Å². The van der Waals surface area contributed by atoms with Gasteiger partial charge in [-0.05, 0) is 43.4 Å². The van der Waals surface area contributed by atoms with Crippen LogP contribution in [0.25, 0.3) is 0 Å². The summed E-state index contributed by atoms with van der Waals surface area (Å²) in [7, 11) is 0. The molecular weight excluding hydrogens is 469 g/mol. The van der Waals surface area contributed by atoms with Crippen LogP contribution in [0.2, 0.25) is 0 Å². The zero-order valence-corrected chi connectivity index (χ0v) is 19.0. The van der Waals surface area contributed by atoms with E-state index in [4.69, 9.17) is 19.2 Å². The fourth-order valence-electron chi connectivity index (χ4n) is 4.10. The summed E-state index contributed by atoms with van der Waals surface area (Å²) >= 11 is 0. The standard InChI is InChI=1S/C21H31N3O3.HI/c1-2-22-21(24-10-13-27-20(15-24)19-4-3-11-25-19)23-9-7-16-5-6-18-17(14-16)8-12-26-18;/h5-6,14,19-20H,2-4,7-13,15H2,1H3,(H,22,23);1H. The molecule has 1 N–H and O–H groups in total. The second-order valence-electron chi connectivity index (χ2n) is 7.43. The molecule has 2 saturated heterocycles. The zero-order valence-electron chi connectivity index (χ0n) is 16.7. The highest BCUT2D eigenvalue weighted by Gasteiger charge is 2.32. The molecule has 1 aromatic carbocycles. The monoisotopic (exact) mass is 501 g/mol. The number of halogens is 1. The van der Waals surface area contributed by atoms with Crippen LogP contribution in [-0.4, -0.2) is 69.1 Å². The lowest BCUT2D eigenvalue weighted by atomic mass is 10.1. The summed E-state index contributed by atoms with van der Waals surface area (Å²) in [6.45, 7) is 7.92. The Hall–Kier alpha value is -1.06. The van der Waals surface area contributed by atoms with Crippen LogP contribution in [-0.2, 0) is 22.3 Å². The predicted molar refractivity (Wildman–Crippen MR) is 121 cm³/mol. The summed E-state index contributed by atoms with van der Waals surface area (Å²) in [5.74, 6) is 2.04. The maximum absolute atomic E-state index is 5.98. The lowest BCUT2D eigenvalue weighted by Gasteiger charge is -2.37. The van der Waals surface area contributed by atoms with E-state index in [2.05, 4.69) is 35.3 Å². The molecule has 1 aromatic rings. The van der Waals surface area contributed by atoms with Crippen molar-refractivity contribution in [1.82, 2.24) is 10.2 Å². The zero-order chi connectivity index (χ0) is 18.5. The van der Waals surface area contributed by atoms with Crippen LogP contribution in [0.1, 0.15) is 30.9 Å². The Kier molecular flexibility index (Phi) is 8.23. The smallest absolute Gasteiger partial charge is 0.194 e. The predicted octanol–water partition coefficient (Wildman–Crippen LogP) is 2.63. The quantitative estimate of drug-likeness (QED) is 0.382. The van der Waals surface area contributed by atoms with Gasteiger partial charge in [0, 0.05) is 39.2 Å². The first-order valence-electron chi connectivity index (χ1n) is 10.3. The highest BCUT2D eigenvalue weighted by Crippen LogP contribution is 2.26. The summed E-state index contributed by atoms with van der Waals surface area (Å²) < 4.78 is 17.4. The van der Waals surface area contributed by atoms with E-state index in [1.807, 2.05) is 0 Å². The third-order valence-corrected chi connectivity index (χ3v) is 5.52. The molecule has 0 spiro atoms. The van der Waals surface area contributed by atoms with Gasteiger partial charge >= 0.3 is 0 Å². The molecule has 2 atom stereocenters. The number of ether oxygens (including phenoxy) is 3. The Labute approximate surface area is 185 Å². The molecule has 0 saturated carbocycles. The van der Waals surface area contributed by atoms with Crippen LogP contribution in [0, 0.1) is 0 Å². The Morgan fingerprint density at radius 1 is 1.21 bits per heavy atom. The minimum atomic E-state index is 0. The molecule has 0 amide bonds. The molecule has 0 aliphatic carbocycles. The minimum Gasteiger partial charge on any atom is -0.493 e. The maximum atomic E-state index is 5.98. The molecule has 2 fully saturated rings. The van der Waals surface area contributed by atoms with E-state index < -0.39 is 0 Å². The first-order chi connectivity index (χ1) is 13.3. The third kappa shape index (κ3) is 5.30. The summed E-state index contributed by atoms with van der Waals surface area (Å²) in [4.78, 5) is 7.22. The molecule has 156 valence electrons. The number of morpholine rings is 1. The van der Waals surface area contributed by atoms with Crippen LogP contribution in [0.15, 0.2) is 23.2 Å². The number of nitrogens with zero attached hydrogens (tertiary/aromatic N) is 2. The molecule has 7 heteroatoms. The summed E-state index contributed by atoms with van der Waals surface area (Å²) in [6, 6.07) is 6.53. The Bertz CT molecular complexity index is 664. The van der Waals surface area contributed by atoms with Gasteiger partial charge in [-0.1, -0.05) is 12.1 Å². The second-order valence-corrected chi connectivity index (χ2v) is 7.43. The number of guanidine groups is 1. The van der Waals surface area contributed by atoms with Gasteiger partial charge < -0.3 is 24.4 Å². The second kappa shape index (κ2) is 10.6. The minimum absolute atomic E-state index is 0. The first-order valence-corrected chi connectivity index (χ1v) is 10.3. The summed E-state index contributed by atoms with van der Waals surface area (Å²) in [5.41, 5.74) is 2.66. The topological polar surface area (TPSA) is 55.3 Å². The van der Waals surface area contributed by atoms with Gasteiger partial charge in [0.05, 0.1) is 19.3 Å². The van der Waals surface area contributed by atoms with Gasteiger partial charge in [-0.25, -0.2) is 0 Å². The van der Waals surface area contributed by atoms with Crippen molar-refractivity contribution in [2.45, 2.75) is 44.8 Å². The van der Waals surface area contributed by atoms with Crippen molar-refractivity contribution in [3.8, 4) is 5.75 Å². The van der Waals surface area contributed by atoms with Crippen LogP contribution in [0.5, 0.6) is 5.75 Å². The number of fused-ring (bicyclic) bond motifs is 1. The van der Waals surface area contributed by atoms with Crippen LogP contribution in [0.4, 0.5) is 0 Å². The fourth-order valence-corrected chi connectivity index (χ4v) is 4.10. The van der Waals surface area contributed by atoms with Crippen molar-refractivity contribution in [3.05, 3.63) is 29.3 Å². The van der Waals surface area contributed by atoms with Crippen LogP contribution in [0.3, 0.4) is 0 Å². The molecule has 4 rings (SSSR count). The van der Waals surface area contributed by atoms with E-state index >= 15 is 0 Å². The van der Waals surface area contributed by atoms with Crippen LogP contribution < -0.4 is 10.1 Å². The number of aliphatic imine (C=N–C) groups is 1. The van der Waals surface area contributed by atoms with Crippen molar-refractivity contribution in [2.75, 3.05) is 46.0 Å². The lowest BCUT2D eigenvalue weighted by molar-refractivity contribution is -0.0817. The molecule has 3 aliphatic rings. The molecule has 6 nitrogen and oxygen atoms in total. The lowest BCUT2D eigenvalue weighted by Crippen LogP contribution is -2.53. The van der Waals surface area contributed by atoms with Gasteiger partial charge in [-0.15, -0.1) is 24.0 Å². The van der Waals surface area contributed by atoms with Gasteiger partial charge in [0.2, 0.25) is 0 Å². The van der Waals surface area contributed by atoms with Gasteiger partial charge in [0.25, 0.3) is 0 Å². The number of hydrogen-bond donors (Lipinski definition) is 1. The largest absolute Gasteiger partial charge is 0.493 e. The molecule has 0 aromatic heterocycles. The Morgan fingerprint density at radius 2 is 2.11 bits per heavy atom. The molecule has 0 radical (unpaired) electrons. The maximum Gasteiger partial charge on any atom is 0.194 e. The number of nitrogens with one attached hydrogen (secondary N) is 1. The van der Waals surface area contributed by atoms with E-state index in [1.54, 1.807) is 0 Å². The molecule has 2 unspecified atom stereocenters. The van der Waals surface area contributed by atoms with Crippen molar-refractivity contribution >= 4 is 29.9 Å². The van der Waals surface area contributed by atoms with E-state index in [-0.39, 0.29) is 36.2 Å². The Balaban J connectivity index is 0.00000225. The number of hydrogen-bond acceptors (Lipinski definition) is 4. The summed E-state index contributed by atoms with van der Waals surface area (Å²) in [5, 5.41) is 3.45. The van der Waals surface area contributed by atoms with E-state index in [9.17, 15) is 0 Å². The highest BCUT2D eigenvalue weighted by atomic mass is 127. The first kappa shape index (κ1) is 21.6. The van der Waals surface area contributed by atoms with Gasteiger partial charge in [-0.2, -0.15) is 0 Å². The number of benzene rings is 1. The van der Waals surface area contributed by atoms with E-state index in [0.29, 0.717) is 0 Å². The normalized spacial score (nSPS) is 24.5. The van der Waals surface area contributed by atoms with Gasteiger partial charge in [-0.3, -0.25) is 4.99 Å². The van der Waals surface area contributed by atoms with Gasteiger partial charge in [0.15, 0.2) is 5.96 Å². The van der Waals surface area contributed by atoms with Crippen molar-refractivity contribution in [1.29, 1.82) is 0 Å². The van der Waals surface area contributed by atoms with E-state index in [0.717, 1.165) is 83.4 Å². The average Bonchev–Trinajstić information content (AvgIpc) is 3.39. The van der Waals surface area contributed by atoms with Crippen molar-refractivity contribution in [3.63, 3.8) is 0 Å². The molecule has 3 aliphatic heterocycles. The fraction of sp³-hybridized carbons (Fsp3) is 0.667. The molecule has 28 heavy (non-hydrogen) atoms. The average molecular weight is 501 g/mol. The van der Waals surface area contributed by atoms with Crippen molar-refractivity contribution in [2.24, 2.45) is 4.99 Å². The SMILES string of the molecule is CCNC(=NCCc1ccc2c(c1)CCO2)N1CCOC(C2CCCO2)C1.I. The molecular formula is C21H32IN3O3.